The fourth-order valence-electron chi connectivity index (χ4n) is 10.5. The third-order valence-corrected chi connectivity index (χ3v) is 15.7. The third-order valence-electron chi connectivity index (χ3n) is 13.3. The summed E-state index contributed by atoms with van der Waals surface area (Å²) in [5, 5.41) is 21.2. The van der Waals surface area contributed by atoms with Crippen LogP contribution < -0.4 is 0 Å². The zero-order valence-corrected chi connectivity index (χ0v) is 36.4. The van der Waals surface area contributed by atoms with Crippen molar-refractivity contribution in [3.63, 3.8) is 0 Å². The van der Waals surface area contributed by atoms with Crippen molar-refractivity contribution < 1.29 is 0 Å². The van der Waals surface area contributed by atoms with E-state index in [0.29, 0.717) is 16.8 Å². The van der Waals surface area contributed by atoms with Gasteiger partial charge in [0.05, 0.1) is 55.0 Å². The predicted octanol–water partition coefficient (Wildman–Crippen LogP) is 17.0. The van der Waals surface area contributed by atoms with Gasteiger partial charge in [-0.3, -0.25) is 0 Å². The molecule has 0 aliphatic rings. The maximum absolute atomic E-state index is 12.0. The minimum Gasteiger partial charge on any atom is -0.317 e. The summed E-state index contributed by atoms with van der Waals surface area (Å²) in [6.45, 7) is 13.6. The number of nitrogens with zero attached hydrogens (tertiary/aromatic N) is 4. The van der Waals surface area contributed by atoms with Gasteiger partial charge in [-0.1, -0.05) is 146 Å². The van der Waals surface area contributed by atoms with E-state index in [1.165, 1.54) is 30.9 Å². The van der Waals surface area contributed by atoms with Gasteiger partial charge in [-0.15, -0.1) is 22.7 Å². The van der Waals surface area contributed by atoms with E-state index in [9.17, 15) is 11.8 Å². The lowest BCUT2D eigenvalue weighted by Crippen LogP contribution is -2.09. The van der Waals surface area contributed by atoms with Crippen LogP contribution in [0.4, 0.5) is 5.69 Å². The molecule has 64 heavy (non-hydrogen) atoms. The molecule has 0 N–H and O–H groups in total. The van der Waals surface area contributed by atoms with Crippen LogP contribution >= 0.6 is 22.7 Å². The predicted molar refractivity (Wildman–Crippen MR) is 272 cm³/mol. The van der Waals surface area contributed by atoms with Crippen molar-refractivity contribution in [2.45, 2.75) is 13.8 Å². The Morgan fingerprint density at radius 3 is 1.38 bits per heavy atom. The molecule has 0 bridgehead atoms. The van der Waals surface area contributed by atoms with Gasteiger partial charge in [0.25, 0.3) is 0 Å². The van der Waals surface area contributed by atoms with E-state index in [4.69, 9.17) is 0 Å². The van der Waals surface area contributed by atoms with E-state index in [2.05, 4.69) is 192 Å². The summed E-state index contributed by atoms with van der Waals surface area (Å²) in [6, 6.07) is 63.0. The number of aromatic nitrogens is 2. The van der Waals surface area contributed by atoms with Crippen LogP contribution in [0.1, 0.15) is 16.7 Å². The van der Waals surface area contributed by atoms with Crippen LogP contribution in [0.5, 0.6) is 0 Å². The topological polar surface area (TPSA) is 38.0 Å². The van der Waals surface area contributed by atoms with Crippen LogP contribution in [0.3, 0.4) is 0 Å². The van der Waals surface area contributed by atoms with E-state index in [0.717, 1.165) is 92.2 Å². The molecule has 6 heteroatoms. The molecule has 0 fully saturated rings. The van der Waals surface area contributed by atoms with Crippen LogP contribution in [-0.4, -0.2) is 9.13 Å². The summed E-state index contributed by atoms with van der Waals surface area (Å²) in [7, 11) is 0. The van der Waals surface area contributed by atoms with Crippen molar-refractivity contribution in [1.29, 1.82) is 5.26 Å². The number of rotatable bonds is 4. The molecular formula is C58H34N4S2. The Labute approximate surface area is 376 Å². The molecule has 4 heterocycles. The largest absolute Gasteiger partial charge is 0.317 e. The first-order valence-electron chi connectivity index (χ1n) is 21.4. The lowest BCUT2D eigenvalue weighted by Gasteiger charge is -2.27. The van der Waals surface area contributed by atoms with Crippen molar-refractivity contribution in [1.82, 2.24) is 9.13 Å². The molecule has 0 atom stereocenters. The summed E-state index contributed by atoms with van der Waals surface area (Å²) in [5.74, 6) is 0. The first-order valence-corrected chi connectivity index (χ1v) is 23.0. The van der Waals surface area contributed by atoms with Crippen LogP contribution in [0.25, 0.3) is 122 Å². The number of thiophene rings is 2. The molecule has 9 aromatic carbocycles. The number of para-hydroxylation sites is 2. The lowest BCUT2D eigenvalue weighted by molar-refractivity contribution is 1.14. The van der Waals surface area contributed by atoms with Gasteiger partial charge in [0.2, 0.25) is 5.69 Å². The molecule has 0 radical (unpaired) electrons. The summed E-state index contributed by atoms with van der Waals surface area (Å²) >= 11 is 3.60. The minimum atomic E-state index is 0.446. The van der Waals surface area contributed by atoms with Gasteiger partial charge in [-0.25, -0.2) is 4.85 Å². The highest BCUT2D eigenvalue weighted by Crippen LogP contribution is 2.55. The molecule has 0 unspecified atom stereocenters. The number of hydrogen-bond acceptors (Lipinski definition) is 3. The van der Waals surface area contributed by atoms with Gasteiger partial charge < -0.3 is 9.13 Å². The second-order valence-electron chi connectivity index (χ2n) is 16.6. The molecular weight excluding hydrogens is 817 g/mol. The van der Waals surface area contributed by atoms with Crippen molar-refractivity contribution in [2.75, 3.05) is 0 Å². The average molecular weight is 851 g/mol. The zero-order valence-electron chi connectivity index (χ0n) is 34.8. The van der Waals surface area contributed by atoms with Crippen molar-refractivity contribution in [2.24, 2.45) is 0 Å². The maximum atomic E-state index is 12.0. The standard InChI is InChI=1S/C58H34N4S2/c1-33-16-4-6-18-35(33)50-45(32-59)53(61-46-24-12-8-20-37(46)41-28-30-43-39-22-10-14-26-48(39)63-57(43)54(41)61)51(36-19-7-5-17-34(36)2)56(52(50)60-3)62-47-25-13-9-21-38(47)42-29-31-44-40-23-11-15-27-49(40)64-58(44)55(42)62/h4-31H,1-2H3. The number of benzene rings is 9. The highest BCUT2D eigenvalue weighted by atomic mass is 32.1. The van der Waals surface area contributed by atoms with E-state index in [-0.39, 0.29) is 0 Å². The Hall–Kier alpha value is -8.00. The highest BCUT2D eigenvalue weighted by molar-refractivity contribution is 7.27. The van der Waals surface area contributed by atoms with E-state index < -0.39 is 0 Å². The van der Waals surface area contributed by atoms with Gasteiger partial charge in [-0.2, -0.15) is 5.26 Å². The Morgan fingerprint density at radius 2 is 0.875 bits per heavy atom. The Kier molecular flexibility index (Phi) is 7.87. The first kappa shape index (κ1) is 36.6. The normalized spacial score (nSPS) is 11.9. The van der Waals surface area contributed by atoms with Gasteiger partial charge >= 0.3 is 0 Å². The smallest absolute Gasteiger partial charge is 0.220 e. The molecule has 298 valence electrons. The minimum absolute atomic E-state index is 0.446. The highest BCUT2D eigenvalue weighted by Gasteiger charge is 2.33. The van der Waals surface area contributed by atoms with Gasteiger partial charge in [0, 0.05) is 63.6 Å². The second kappa shape index (κ2) is 13.8. The summed E-state index contributed by atoms with van der Waals surface area (Å²) < 4.78 is 9.51. The van der Waals surface area contributed by atoms with Gasteiger partial charge in [0.1, 0.15) is 6.07 Å². The van der Waals surface area contributed by atoms with Gasteiger partial charge in [-0.05, 0) is 60.4 Å². The molecule has 0 spiro atoms. The van der Waals surface area contributed by atoms with Crippen LogP contribution in [0.2, 0.25) is 0 Å². The Balaban J connectivity index is 1.36. The number of aryl methyl sites for hydroxylation is 2. The number of fused-ring (bicyclic) bond motifs is 14. The fraction of sp³-hybridized carbons (Fsp3) is 0.0345. The zero-order chi connectivity index (χ0) is 42.8. The summed E-state index contributed by atoms with van der Waals surface area (Å²) in [5.41, 5.74) is 11.9. The third kappa shape index (κ3) is 4.90. The van der Waals surface area contributed by atoms with Crippen molar-refractivity contribution in [3.05, 3.63) is 198 Å². The molecule has 0 aliphatic carbocycles. The number of hydrogen-bond donors (Lipinski definition) is 0. The molecule has 0 saturated heterocycles. The Morgan fingerprint density at radius 1 is 0.453 bits per heavy atom. The second-order valence-corrected chi connectivity index (χ2v) is 18.7. The van der Waals surface area contributed by atoms with Gasteiger partial charge in [0.15, 0.2) is 0 Å². The monoisotopic (exact) mass is 850 g/mol. The van der Waals surface area contributed by atoms with E-state index in [1.807, 2.05) is 12.1 Å². The molecule has 0 saturated carbocycles. The fourth-order valence-corrected chi connectivity index (χ4v) is 13.0. The SMILES string of the molecule is [C-]#[N+]c1c(-c2ccccc2C)c(C#N)c(-n2c3ccccc3c3ccc4c5ccccc5sc4c32)c(-c2ccccc2C)c1-n1c2ccccc2c2ccc3c4ccccc4sc3c21. The quantitative estimate of drug-likeness (QED) is 0.163. The molecule has 0 aliphatic heterocycles. The Bertz CT molecular complexity index is 4030. The molecule has 0 amide bonds. The van der Waals surface area contributed by atoms with Crippen LogP contribution in [-0.2, 0) is 0 Å². The average Bonchev–Trinajstić information content (AvgIpc) is 4.09. The van der Waals surface area contributed by atoms with Crippen molar-refractivity contribution >= 4 is 112 Å². The lowest BCUT2D eigenvalue weighted by atomic mass is 9.86. The van der Waals surface area contributed by atoms with Crippen LogP contribution in [0, 0.1) is 31.8 Å². The number of nitriles is 1. The maximum Gasteiger partial charge on any atom is 0.220 e. The first-order chi connectivity index (χ1) is 31.6. The molecule has 4 aromatic heterocycles. The molecule has 13 rings (SSSR count). The van der Waals surface area contributed by atoms with Crippen molar-refractivity contribution in [3.8, 4) is 39.7 Å². The molecule has 13 aromatic rings. The van der Waals surface area contributed by atoms with E-state index >= 15 is 0 Å². The molecule has 4 nitrogen and oxygen atoms in total. The van der Waals surface area contributed by atoms with Crippen LogP contribution in [0.15, 0.2) is 170 Å². The summed E-state index contributed by atoms with van der Waals surface area (Å²) in [4.78, 5) is 4.60. The summed E-state index contributed by atoms with van der Waals surface area (Å²) in [6.07, 6.45) is 0. The van der Waals surface area contributed by atoms with E-state index in [1.54, 1.807) is 22.7 Å².